The van der Waals surface area contributed by atoms with E-state index in [0.29, 0.717) is 26.2 Å². The molecule has 4 aliphatic rings. The largest absolute Gasteiger partial charge is 0.360 e. The van der Waals surface area contributed by atoms with Gasteiger partial charge in [-0.05, 0) is 5.41 Å². The van der Waals surface area contributed by atoms with E-state index in [4.69, 9.17) is 4.74 Å². The smallest absolute Gasteiger partial charge is 0.230 e. The second-order valence-corrected chi connectivity index (χ2v) is 9.54. The highest BCUT2D eigenvalue weighted by Gasteiger charge is 2.67. The van der Waals surface area contributed by atoms with E-state index in [2.05, 4.69) is 31.0 Å². The molecule has 2 saturated heterocycles. The van der Waals surface area contributed by atoms with Crippen LogP contribution in [0.2, 0.25) is 0 Å². The lowest BCUT2D eigenvalue weighted by atomic mass is 9.76. The van der Waals surface area contributed by atoms with Crippen molar-refractivity contribution >= 4 is 11.8 Å². The maximum Gasteiger partial charge on any atom is 0.230 e. The Morgan fingerprint density at radius 1 is 1.44 bits per heavy atom. The minimum absolute atomic E-state index is 0.0106. The van der Waals surface area contributed by atoms with Crippen LogP contribution in [0.15, 0.2) is 18.3 Å². The van der Waals surface area contributed by atoms with Gasteiger partial charge < -0.3 is 14.5 Å². The summed E-state index contributed by atoms with van der Waals surface area (Å²) in [6, 6.07) is 0. The van der Waals surface area contributed by atoms with Crippen LogP contribution < -0.4 is 0 Å². The molecule has 1 spiro atoms. The molecular formula is C20H26N4O3. The third-order valence-electron chi connectivity index (χ3n) is 6.24. The number of hydrogen-bond acceptors (Lipinski definition) is 4. The first-order valence-corrected chi connectivity index (χ1v) is 9.73. The van der Waals surface area contributed by atoms with Gasteiger partial charge in [0.15, 0.2) is 0 Å². The molecule has 4 aliphatic heterocycles. The highest BCUT2D eigenvalue weighted by Crippen LogP contribution is 2.52. The number of H-pyrrole nitrogens is 1. The number of rotatable bonds is 2. The number of fused-ring (bicyclic) bond motifs is 2. The molecule has 1 N–H and O–H groups in total. The maximum atomic E-state index is 13.4. The van der Waals surface area contributed by atoms with Crippen molar-refractivity contribution in [1.29, 1.82) is 0 Å². The van der Waals surface area contributed by atoms with Crippen molar-refractivity contribution in [1.82, 2.24) is 20.0 Å². The van der Waals surface area contributed by atoms with E-state index in [1.165, 1.54) is 0 Å². The molecular weight excluding hydrogens is 344 g/mol. The zero-order valence-electron chi connectivity index (χ0n) is 16.1. The molecule has 5 heterocycles. The Balaban J connectivity index is 1.40. The van der Waals surface area contributed by atoms with Crippen LogP contribution in [0.5, 0.6) is 0 Å². The molecule has 0 unspecified atom stereocenters. The molecule has 0 aromatic carbocycles. The van der Waals surface area contributed by atoms with Gasteiger partial charge in [-0.15, -0.1) is 0 Å². The van der Waals surface area contributed by atoms with Gasteiger partial charge in [-0.1, -0.05) is 32.9 Å². The van der Waals surface area contributed by atoms with Crippen molar-refractivity contribution in [3.8, 4) is 0 Å². The summed E-state index contributed by atoms with van der Waals surface area (Å²) in [4.78, 5) is 30.4. The summed E-state index contributed by atoms with van der Waals surface area (Å²) < 4.78 is 6.24. The zero-order valence-corrected chi connectivity index (χ0v) is 16.1. The monoisotopic (exact) mass is 370 g/mol. The summed E-state index contributed by atoms with van der Waals surface area (Å²) in [6.45, 7) is 8.81. The fourth-order valence-electron chi connectivity index (χ4n) is 5.19. The van der Waals surface area contributed by atoms with Gasteiger partial charge in [-0.25, -0.2) is 0 Å². The average molecular weight is 370 g/mol. The molecule has 1 aromatic rings. The van der Waals surface area contributed by atoms with Crippen molar-refractivity contribution in [2.45, 2.75) is 45.4 Å². The molecule has 0 aliphatic carbocycles. The molecule has 5 rings (SSSR count). The minimum atomic E-state index is -0.621. The number of nitrogens with one attached hydrogen (secondary N) is 1. The van der Waals surface area contributed by atoms with E-state index in [9.17, 15) is 9.59 Å². The van der Waals surface area contributed by atoms with Crippen LogP contribution in [0.4, 0.5) is 0 Å². The molecule has 7 nitrogen and oxygen atoms in total. The lowest BCUT2D eigenvalue weighted by Crippen LogP contribution is -2.47. The van der Waals surface area contributed by atoms with Gasteiger partial charge in [-0.2, -0.15) is 5.10 Å². The Bertz CT molecular complexity index is 839. The van der Waals surface area contributed by atoms with Gasteiger partial charge in [0, 0.05) is 37.3 Å². The van der Waals surface area contributed by atoms with Crippen LogP contribution in [0.1, 0.15) is 32.0 Å². The average Bonchev–Trinajstić information content (AvgIpc) is 3.33. The van der Waals surface area contributed by atoms with E-state index in [-0.39, 0.29) is 23.3 Å². The van der Waals surface area contributed by atoms with E-state index < -0.39 is 17.4 Å². The van der Waals surface area contributed by atoms with Crippen LogP contribution >= 0.6 is 0 Å². The van der Waals surface area contributed by atoms with E-state index >= 15 is 0 Å². The number of carbonyl (C=O) groups excluding carboxylic acids is 2. The van der Waals surface area contributed by atoms with Crippen LogP contribution in [0.25, 0.3) is 0 Å². The number of aromatic nitrogens is 2. The first-order chi connectivity index (χ1) is 12.8. The van der Waals surface area contributed by atoms with Crippen LogP contribution in [-0.4, -0.2) is 63.2 Å². The van der Waals surface area contributed by atoms with Gasteiger partial charge in [0.2, 0.25) is 11.8 Å². The minimum Gasteiger partial charge on any atom is -0.360 e. The summed E-state index contributed by atoms with van der Waals surface area (Å²) in [5.41, 5.74) is 1.56. The summed E-state index contributed by atoms with van der Waals surface area (Å²) in [6.07, 6.45) is 6.29. The van der Waals surface area contributed by atoms with Gasteiger partial charge in [0.1, 0.15) is 5.60 Å². The first-order valence-electron chi connectivity index (χ1n) is 9.73. The number of ether oxygens (including phenoxy) is 1. The lowest BCUT2D eigenvalue weighted by Gasteiger charge is -2.32. The Labute approximate surface area is 158 Å². The van der Waals surface area contributed by atoms with Gasteiger partial charge in [0.25, 0.3) is 0 Å². The molecule has 1 aromatic heterocycles. The molecule has 27 heavy (non-hydrogen) atoms. The quantitative estimate of drug-likeness (QED) is 0.792. The summed E-state index contributed by atoms with van der Waals surface area (Å²) in [7, 11) is 0. The van der Waals surface area contributed by atoms with Crippen molar-refractivity contribution < 1.29 is 14.3 Å². The second kappa shape index (κ2) is 5.44. The first kappa shape index (κ1) is 17.0. The standard InChI is InChI=1S/C20H26N4O3/c1-19(2,3)10-24-11-20-6-4-14(27-20)15(16(20)18(24)26)17(25)23-7-5-13-12(9-23)8-21-22-13/h4,6,8,14-16H,5,7,9-11H2,1-3H3,(H,21,22)/t14-,15+,16+,20-/m0/s1. The summed E-state index contributed by atoms with van der Waals surface area (Å²) >= 11 is 0. The number of aromatic amines is 1. The Morgan fingerprint density at radius 2 is 2.26 bits per heavy atom. The van der Waals surface area contributed by atoms with Crippen molar-refractivity contribution in [3.05, 3.63) is 29.6 Å². The van der Waals surface area contributed by atoms with E-state index in [1.807, 2.05) is 22.0 Å². The number of nitrogens with zero attached hydrogens (tertiary/aromatic N) is 3. The predicted octanol–water partition coefficient (Wildman–Crippen LogP) is 1.12. The fourth-order valence-corrected chi connectivity index (χ4v) is 5.19. The third-order valence-corrected chi connectivity index (χ3v) is 6.24. The van der Waals surface area contributed by atoms with Crippen molar-refractivity contribution in [2.75, 3.05) is 19.6 Å². The van der Waals surface area contributed by atoms with Gasteiger partial charge >= 0.3 is 0 Å². The second-order valence-electron chi connectivity index (χ2n) is 9.54. The highest BCUT2D eigenvalue weighted by atomic mass is 16.5. The zero-order chi connectivity index (χ0) is 19.0. The molecule has 2 bridgehead atoms. The van der Waals surface area contributed by atoms with Crippen LogP contribution in [0, 0.1) is 17.3 Å². The number of carbonyl (C=O) groups is 2. The van der Waals surface area contributed by atoms with Gasteiger partial charge in [-0.3, -0.25) is 14.7 Å². The molecule has 4 atom stereocenters. The SMILES string of the molecule is CC(C)(C)CN1C[C@]23C=C[C@H](O2)[C@@H](C(=O)N2CCc4[nH]ncc4C2)[C@@H]3C1=O. The topological polar surface area (TPSA) is 78.5 Å². The predicted molar refractivity (Wildman–Crippen MR) is 97.5 cm³/mol. The van der Waals surface area contributed by atoms with Crippen LogP contribution in [-0.2, 0) is 27.3 Å². The maximum absolute atomic E-state index is 13.4. The van der Waals surface area contributed by atoms with Gasteiger partial charge in [0.05, 0.1) is 30.7 Å². The Kier molecular flexibility index (Phi) is 3.42. The lowest BCUT2D eigenvalue weighted by molar-refractivity contribution is -0.144. The number of hydrogen-bond donors (Lipinski definition) is 1. The highest BCUT2D eigenvalue weighted by molar-refractivity contribution is 5.93. The fraction of sp³-hybridized carbons (Fsp3) is 0.650. The van der Waals surface area contributed by atoms with Crippen LogP contribution in [0.3, 0.4) is 0 Å². The van der Waals surface area contributed by atoms with E-state index in [0.717, 1.165) is 17.7 Å². The Morgan fingerprint density at radius 3 is 3.04 bits per heavy atom. The molecule has 0 saturated carbocycles. The van der Waals surface area contributed by atoms with Crippen molar-refractivity contribution in [3.63, 3.8) is 0 Å². The molecule has 2 fully saturated rings. The molecule has 7 heteroatoms. The molecule has 2 amide bonds. The number of amides is 2. The normalized spacial score (nSPS) is 34.3. The number of likely N-dealkylation sites (tertiary alicyclic amines) is 1. The molecule has 0 radical (unpaired) electrons. The Hall–Kier alpha value is -2.15. The third kappa shape index (κ3) is 2.47. The summed E-state index contributed by atoms with van der Waals surface area (Å²) in [5.74, 6) is -0.709. The van der Waals surface area contributed by atoms with Crippen molar-refractivity contribution in [2.24, 2.45) is 17.3 Å². The van der Waals surface area contributed by atoms with E-state index in [1.54, 1.807) is 6.20 Å². The summed E-state index contributed by atoms with van der Waals surface area (Å²) in [5, 5.41) is 7.08. The molecule has 144 valence electrons.